The lowest BCUT2D eigenvalue weighted by atomic mass is 10.2. The summed E-state index contributed by atoms with van der Waals surface area (Å²) in [4.78, 5) is 21.8. The lowest BCUT2D eigenvalue weighted by Crippen LogP contribution is -2.28. The van der Waals surface area contributed by atoms with E-state index in [0.717, 1.165) is 5.56 Å². The fraction of sp³-hybridized carbons (Fsp3) is 0.0714. The molecular formula is C14H11Cl2N3O3. The van der Waals surface area contributed by atoms with Gasteiger partial charge in [-0.25, -0.2) is 4.79 Å². The number of anilines is 1. The van der Waals surface area contributed by atoms with E-state index in [0.29, 0.717) is 15.7 Å². The minimum Gasteiger partial charge on any atom is -0.334 e. The first-order chi connectivity index (χ1) is 10.5. The molecule has 2 amide bonds. The highest BCUT2D eigenvalue weighted by atomic mass is 35.5. The molecule has 0 aliphatic rings. The largest absolute Gasteiger partial charge is 0.334 e. The highest BCUT2D eigenvalue weighted by Gasteiger charge is 2.07. The molecule has 0 saturated heterocycles. The van der Waals surface area contributed by atoms with Gasteiger partial charge in [-0.05, 0) is 29.8 Å². The van der Waals surface area contributed by atoms with Crippen LogP contribution in [0.15, 0.2) is 42.5 Å². The van der Waals surface area contributed by atoms with Crippen LogP contribution in [-0.2, 0) is 6.54 Å². The van der Waals surface area contributed by atoms with Crippen LogP contribution in [0.4, 0.5) is 16.2 Å². The SMILES string of the molecule is O=C(NCc1ccc(Cl)cc1Cl)Nc1ccc([N+](=O)[O-])cc1. The van der Waals surface area contributed by atoms with E-state index in [4.69, 9.17) is 23.2 Å². The van der Waals surface area contributed by atoms with Crippen molar-refractivity contribution >= 4 is 40.6 Å². The zero-order chi connectivity index (χ0) is 16.1. The summed E-state index contributed by atoms with van der Waals surface area (Å²) in [5.41, 5.74) is 1.13. The van der Waals surface area contributed by atoms with Crippen LogP contribution in [-0.4, -0.2) is 11.0 Å². The number of halogens is 2. The molecule has 0 bridgehead atoms. The first-order valence-corrected chi connectivity index (χ1v) is 6.94. The standard InChI is InChI=1S/C14H11Cl2N3O3/c15-10-2-1-9(13(16)7-10)8-17-14(20)18-11-3-5-12(6-4-11)19(21)22/h1-7H,8H2,(H2,17,18,20). The van der Waals surface area contributed by atoms with E-state index in [-0.39, 0.29) is 12.2 Å². The number of carbonyl (C=O) groups is 1. The maximum absolute atomic E-state index is 11.8. The zero-order valence-electron chi connectivity index (χ0n) is 11.2. The van der Waals surface area contributed by atoms with Crippen molar-refractivity contribution in [3.63, 3.8) is 0 Å². The van der Waals surface area contributed by atoms with E-state index in [1.165, 1.54) is 24.3 Å². The Morgan fingerprint density at radius 1 is 1.14 bits per heavy atom. The van der Waals surface area contributed by atoms with Crippen molar-refractivity contribution in [3.05, 3.63) is 68.2 Å². The van der Waals surface area contributed by atoms with Gasteiger partial charge in [0, 0.05) is 34.4 Å². The Labute approximate surface area is 136 Å². The first kappa shape index (κ1) is 16.1. The number of non-ortho nitro benzene ring substituents is 1. The molecule has 2 aromatic carbocycles. The zero-order valence-corrected chi connectivity index (χ0v) is 12.7. The molecule has 2 rings (SSSR count). The Bertz CT molecular complexity index is 705. The Kier molecular flexibility index (Phi) is 5.19. The van der Waals surface area contributed by atoms with E-state index >= 15 is 0 Å². The first-order valence-electron chi connectivity index (χ1n) is 6.19. The normalized spacial score (nSPS) is 10.1. The van der Waals surface area contributed by atoms with E-state index in [1.807, 2.05) is 0 Å². The molecule has 0 atom stereocenters. The van der Waals surface area contributed by atoms with Crippen LogP contribution in [0.25, 0.3) is 0 Å². The fourth-order valence-corrected chi connectivity index (χ4v) is 2.16. The Morgan fingerprint density at radius 2 is 1.82 bits per heavy atom. The third-order valence-electron chi connectivity index (χ3n) is 2.79. The van der Waals surface area contributed by atoms with E-state index in [9.17, 15) is 14.9 Å². The summed E-state index contributed by atoms with van der Waals surface area (Å²) in [6, 6.07) is 10.1. The van der Waals surface area contributed by atoms with Gasteiger partial charge in [0.2, 0.25) is 0 Å². The van der Waals surface area contributed by atoms with Gasteiger partial charge in [-0.15, -0.1) is 0 Å². The number of nitro groups is 1. The monoisotopic (exact) mass is 339 g/mol. The summed E-state index contributed by atoms with van der Waals surface area (Å²) in [7, 11) is 0. The lowest BCUT2D eigenvalue weighted by molar-refractivity contribution is -0.384. The number of amides is 2. The average molecular weight is 340 g/mol. The number of rotatable bonds is 4. The second-order valence-corrected chi connectivity index (χ2v) is 5.19. The summed E-state index contributed by atoms with van der Waals surface area (Å²) in [6.45, 7) is 0.231. The highest BCUT2D eigenvalue weighted by Crippen LogP contribution is 2.21. The van der Waals surface area contributed by atoms with Crippen molar-refractivity contribution in [2.24, 2.45) is 0 Å². The van der Waals surface area contributed by atoms with Gasteiger partial charge in [0.15, 0.2) is 0 Å². The molecule has 114 valence electrons. The fourth-order valence-electron chi connectivity index (χ4n) is 1.68. The average Bonchev–Trinajstić information content (AvgIpc) is 2.47. The Hall–Kier alpha value is -2.31. The molecule has 22 heavy (non-hydrogen) atoms. The molecule has 0 saturated carbocycles. The molecule has 2 N–H and O–H groups in total. The van der Waals surface area contributed by atoms with Crippen molar-refractivity contribution in [1.82, 2.24) is 5.32 Å². The number of nitrogens with zero attached hydrogens (tertiary/aromatic N) is 1. The van der Waals surface area contributed by atoms with Crippen LogP contribution in [0.3, 0.4) is 0 Å². The molecule has 0 radical (unpaired) electrons. The van der Waals surface area contributed by atoms with Crippen molar-refractivity contribution in [3.8, 4) is 0 Å². The molecule has 8 heteroatoms. The van der Waals surface area contributed by atoms with Gasteiger partial charge < -0.3 is 10.6 Å². The Balaban J connectivity index is 1.91. The second kappa shape index (κ2) is 7.11. The van der Waals surface area contributed by atoms with Crippen LogP contribution < -0.4 is 10.6 Å². The number of carbonyl (C=O) groups excluding carboxylic acids is 1. The summed E-state index contributed by atoms with van der Waals surface area (Å²) < 4.78 is 0. The van der Waals surface area contributed by atoms with Crippen LogP contribution in [0.2, 0.25) is 10.0 Å². The molecule has 2 aromatic rings. The number of nitrogens with one attached hydrogen (secondary N) is 2. The van der Waals surface area contributed by atoms with E-state index in [2.05, 4.69) is 10.6 Å². The molecule has 6 nitrogen and oxygen atoms in total. The third kappa shape index (κ3) is 4.34. The number of urea groups is 1. The van der Waals surface area contributed by atoms with Crippen LogP contribution in [0, 0.1) is 10.1 Å². The third-order valence-corrected chi connectivity index (χ3v) is 3.38. The van der Waals surface area contributed by atoms with Gasteiger partial charge in [0.05, 0.1) is 4.92 Å². The summed E-state index contributed by atoms with van der Waals surface area (Å²) in [6.07, 6.45) is 0. The molecule has 0 aliphatic heterocycles. The van der Waals surface area contributed by atoms with Gasteiger partial charge in [-0.2, -0.15) is 0 Å². The molecular weight excluding hydrogens is 329 g/mol. The van der Waals surface area contributed by atoms with Gasteiger partial charge in [-0.3, -0.25) is 10.1 Å². The highest BCUT2D eigenvalue weighted by molar-refractivity contribution is 6.35. The molecule has 0 heterocycles. The summed E-state index contributed by atoms with van der Waals surface area (Å²) >= 11 is 11.8. The predicted molar refractivity (Wildman–Crippen MR) is 85.4 cm³/mol. The quantitative estimate of drug-likeness (QED) is 0.645. The smallest absolute Gasteiger partial charge is 0.319 e. The van der Waals surface area contributed by atoms with Crippen LogP contribution >= 0.6 is 23.2 Å². The molecule has 0 aromatic heterocycles. The van der Waals surface area contributed by atoms with Crippen LogP contribution in [0.1, 0.15) is 5.56 Å². The van der Waals surface area contributed by atoms with Gasteiger partial charge in [-0.1, -0.05) is 29.3 Å². The summed E-state index contributed by atoms with van der Waals surface area (Å²) in [5.74, 6) is 0. The van der Waals surface area contributed by atoms with E-state index < -0.39 is 11.0 Å². The van der Waals surface area contributed by atoms with Crippen molar-refractivity contribution < 1.29 is 9.72 Å². The van der Waals surface area contributed by atoms with Crippen molar-refractivity contribution in [2.75, 3.05) is 5.32 Å². The molecule has 0 unspecified atom stereocenters. The number of benzene rings is 2. The van der Waals surface area contributed by atoms with Gasteiger partial charge in [0.25, 0.3) is 5.69 Å². The molecule has 0 aliphatic carbocycles. The minimum absolute atomic E-state index is 0.0427. The van der Waals surface area contributed by atoms with Crippen molar-refractivity contribution in [1.29, 1.82) is 0 Å². The summed E-state index contributed by atoms with van der Waals surface area (Å²) in [5, 5.41) is 16.7. The minimum atomic E-state index is -0.508. The molecule has 0 spiro atoms. The number of hydrogen-bond donors (Lipinski definition) is 2. The number of nitro benzene ring substituents is 1. The lowest BCUT2D eigenvalue weighted by Gasteiger charge is -2.09. The van der Waals surface area contributed by atoms with Gasteiger partial charge in [0.1, 0.15) is 0 Å². The molecule has 0 fully saturated rings. The maximum Gasteiger partial charge on any atom is 0.319 e. The Morgan fingerprint density at radius 3 is 2.41 bits per heavy atom. The van der Waals surface area contributed by atoms with E-state index in [1.54, 1.807) is 18.2 Å². The maximum atomic E-state index is 11.8. The predicted octanol–water partition coefficient (Wildman–Crippen LogP) is 4.22. The second-order valence-electron chi connectivity index (χ2n) is 4.35. The van der Waals surface area contributed by atoms with Gasteiger partial charge >= 0.3 is 6.03 Å². The number of hydrogen-bond acceptors (Lipinski definition) is 3. The van der Waals surface area contributed by atoms with Crippen LogP contribution in [0.5, 0.6) is 0 Å². The topological polar surface area (TPSA) is 84.3 Å². The van der Waals surface area contributed by atoms with Crippen molar-refractivity contribution in [2.45, 2.75) is 6.54 Å².